The highest BCUT2D eigenvalue weighted by Gasteiger charge is 2.04. The van der Waals surface area contributed by atoms with Crippen LogP contribution in [0.5, 0.6) is 0 Å². The van der Waals surface area contributed by atoms with Crippen molar-refractivity contribution in [3.63, 3.8) is 0 Å². The van der Waals surface area contributed by atoms with Crippen LogP contribution in [-0.2, 0) is 4.79 Å². The predicted octanol–water partition coefficient (Wildman–Crippen LogP) is 3.55. The first kappa shape index (κ1) is 15.5. The van der Waals surface area contributed by atoms with Crippen molar-refractivity contribution >= 4 is 28.2 Å². The third kappa shape index (κ3) is 3.68. The third-order valence-electron chi connectivity index (χ3n) is 3.60. The summed E-state index contributed by atoms with van der Waals surface area (Å²) in [5, 5.41) is 15.9. The number of benzene rings is 2. The molecule has 0 unspecified atom stereocenters. The van der Waals surface area contributed by atoms with E-state index in [2.05, 4.69) is 15.6 Å². The number of aromatic nitrogens is 1. The summed E-state index contributed by atoms with van der Waals surface area (Å²) in [6.07, 6.45) is 2.09. The van der Waals surface area contributed by atoms with Crippen LogP contribution in [0.3, 0.4) is 0 Å². The van der Waals surface area contributed by atoms with Crippen molar-refractivity contribution in [2.75, 3.05) is 17.2 Å². The van der Waals surface area contributed by atoms with Crippen LogP contribution in [-0.4, -0.2) is 17.4 Å². The van der Waals surface area contributed by atoms with Crippen LogP contribution in [0.15, 0.2) is 60.8 Å². The van der Waals surface area contributed by atoms with Gasteiger partial charge in [-0.1, -0.05) is 18.2 Å². The Kier molecular flexibility index (Phi) is 4.68. The molecule has 5 nitrogen and oxygen atoms in total. The largest absolute Gasteiger partial charge is 0.383 e. The topological polar surface area (TPSA) is 77.8 Å². The molecule has 1 amide bonds. The Labute approximate surface area is 140 Å². The van der Waals surface area contributed by atoms with E-state index in [1.165, 1.54) is 0 Å². The molecule has 0 fully saturated rings. The molecule has 118 valence electrons. The molecule has 0 aliphatic heterocycles. The van der Waals surface area contributed by atoms with Crippen molar-refractivity contribution in [3.8, 4) is 6.07 Å². The molecule has 0 bridgehead atoms. The number of nitriles is 1. The zero-order valence-corrected chi connectivity index (χ0v) is 13.0. The van der Waals surface area contributed by atoms with Gasteiger partial charge >= 0.3 is 0 Å². The van der Waals surface area contributed by atoms with E-state index in [0.29, 0.717) is 24.2 Å². The van der Waals surface area contributed by atoms with Crippen LogP contribution in [0.2, 0.25) is 0 Å². The number of nitrogens with one attached hydrogen (secondary N) is 2. The van der Waals surface area contributed by atoms with Crippen molar-refractivity contribution in [1.82, 2.24) is 4.98 Å². The van der Waals surface area contributed by atoms with Gasteiger partial charge in [0.15, 0.2) is 0 Å². The highest BCUT2D eigenvalue weighted by atomic mass is 16.1. The maximum atomic E-state index is 12.0. The standard InChI is InChI=1S/C19H16N4O/c20-13-14-6-8-16(9-7-14)23-18(24)10-12-21-17-5-1-3-15-4-2-11-22-19(15)17/h1-9,11,21H,10,12H2,(H,23,24). The van der Waals surface area contributed by atoms with Gasteiger partial charge < -0.3 is 10.6 Å². The lowest BCUT2D eigenvalue weighted by molar-refractivity contribution is -0.115. The summed E-state index contributed by atoms with van der Waals surface area (Å²) in [5.74, 6) is -0.0830. The van der Waals surface area contributed by atoms with Gasteiger partial charge in [0.05, 0.1) is 22.8 Å². The maximum absolute atomic E-state index is 12.0. The van der Waals surface area contributed by atoms with Crippen molar-refractivity contribution in [2.45, 2.75) is 6.42 Å². The number of fused-ring (bicyclic) bond motifs is 1. The Hall–Kier alpha value is -3.39. The Bertz CT molecular complexity index is 892. The molecule has 1 heterocycles. The second-order valence-corrected chi connectivity index (χ2v) is 5.29. The van der Waals surface area contributed by atoms with Crippen LogP contribution in [0.4, 0.5) is 11.4 Å². The summed E-state index contributed by atoms with van der Waals surface area (Å²) >= 11 is 0. The first-order valence-corrected chi connectivity index (χ1v) is 7.64. The van der Waals surface area contributed by atoms with Crippen LogP contribution in [0, 0.1) is 11.3 Å². The molecule has 1 aromatic heterocycles. The van der Waals surface area contributed by atoms with Crippen LogP contribution in [0.25, 0.3) is 10.9 Å². The Morgan fingerprint density at radius 2 is 1.88 bits per heavy atom. The molecule has 24 heavy (non-hydrogen) atoms. The Morgan fingerprint density at radius 3 is 2.67 bits per heavy atom. The molecule has 0 saturated heterocycles. The minimum absolute atomic E-state index is 0.0830. The van der Waals surface area contributed by atoms with Gasteiger partial charge in [0, 0.05) is 30.2 Å². The monoisotopic (exact) mass is 316 g/mol. The van der Waals surface area contributed by atoms with Gasteiger partial charge in [-0.25, -0.2) is 0 Å². The SMILES string of the molecule is N#Cc1ccc(NC(=O)CCNc2cccc3cccnc23)cc1. The summed E-state index contributed by atoms with van der Waals surface area (Å²) in [6.45, 7) is 0.512. The van der Waals surface area contributed by atoms with Gasteiger partial charge in [0.2, 0.25) is 5.91 Å². The maximum Gasteiger partial charge on any atom is 0.226 e. The molecule has 2 aromatic carbocycles. The second-order valence-electron chi connectivity index (χ2n) is 5.29. The summed E-state index contributed by atoms with van der Waals surface area (Å²) in [5.41, 5.74) is 3.07. The van der Waals surface area contributed by atoms with Gasteiger partial charge in [-0.2, -0.15) is 5.26 Å². The molecule has 0 spiro atoms. The highest BCUT2D eigenvalue weighted by molar-refractivity contribution is 5.92. The number of anilines is 2. The molecule has 0 saturated carbocycles. The van der Waals surface area contributed by atoms with Crippen LogP contribution < -0.4 is 10.6 Å². The van der Waals surface area contributed by atoms with Gasteiger partial charge in [-0.05, 0) is 36.4 Å². The number of nitrogens with zero attached hydrogens (tertiary/aromatic N) is 2. The van der Waals surface area contributed by atoms with E-state index in [4.69, 9.17) is 5.26 Å². The predicted molar refractivity (Wildman–Crippen MR) is 94.6 cm³/mol. The number of rotatable bonds is 5. The lowest BCUT2D eigenvalue weighted by atomic mass is 10.2. The van der Waals surface area contributed by atoms with Gasteiger partial charge in [-0.3, -0.25) is 9.78 Å². The zero-order chi connectivity index (χ0) is 16.8. The number of carbonyl (C=O) groups is 1. The van der Waals surface area contributed by atoms with Crippen LogP contribution in [0.1, 0.15) is 12.0 Å². The van der Waals surface area contributed by atoms with E-state index in [9.17, 15) is 4.79 Å². The normalized spacial score (nSPS) is 10.1. The minimum Gasteiger partial charge on any atom is -0.383 e. The second kappa shape index (κ2) is 7.25. The number of hydrogen-bond donors (Lipinski definition) is 2. The smallest absolute Gasteiger partial charge is 0.226 e. The molecule has 3 aromatic rings. The molecular weight excluding hydrogens is 300 g/mol. The molecule has 0 aliphatic carbocycles. The van der Waals surface area contributed by atoms with Crippen molar-refractivity contribution in [2.24, 2.45) is 0 Å². The quantitative estimate of drug-likeness (QED) is 0.754. The number of pyridine rings is 1. The Balaban J connectivity index is 1.55. The fourth-order valence-corrected chi connectivity index (χ4v) is 2.41. The highest BCUT2D eigenvalue weighted by Crippen LogP contribution is 2.20. The number of amides is 1. The third-order valence-corrected chi connectivity index (χ3v) is 3.60. The molecular formula is C19H16N4O. The van der Waals surface area contributed by atoms with Crippen molar-refractivity contribution in [1.29, 1.82) is 5.26 Å². The molecule has 0 atom stereocenters. The summed E-state index contributed by atoms with van der Waals surface area (Å²) in [4.78, 5) is 16.4. The van der Waals surface area contributed by atoms with Gasteiger partial charge in [0.25, 0.3) is 0 Å². The van der Waals surface area contributed by atoms with E-state index >= 15 is 0 Å². The minimum atomic E-state index is -0.0830. The molecule has 5 heteroatoms. The first-order valence-electron chi connectivity index (χ1n) is 7.64. The summed E-state index contributed by atoms with van der Waals surface area (Å²) in [7, 11) is 0. The number of carbonyl (C=O) groups excluding carboxylic acids is 1. The van der Waals surface area contributed by atoms with E-state index in [1.807, 2.05) is 36.4 Å². The Morgan fingerprint density at radius 1 is 1.08 bits per heavy atom. The van der Waals surface area contributed by atoms with Crippen molar-refractivity contribution < 1.29 is 4.79 Å². The number of para-hydroxylation sites is 1. The first-order chi connectivity index (χ1) is 11.8. The lowest BCUT2D eigenvalue weighted by Crippen LogP contribution is -2.16. The fourth-order valence-electron chi connectivity index (χ4n) is 2.41. The molecule has 3 rings (SSSR count). The molecule has 0 radical (unpaired) electrons. The summed E-state index contributed by atoms with van der Waals surface area (Å²) < 4.78 is 0. The molecule has 0 aliphatic rings. The van der Waals surface area contributed by atoms with E-state index in [1.54, 1.807) is 30.5 Å². The fraction of sp³-hybridized carbons (Fsp3) is 0.105. The average molecular weight is 316 g/mol. The number of hydrogen-bond acceptors (Lipinski definition) is 4. The van der Waals surface area contributed by atoms with E-state index in [0.717, 1.165) is 16.6 Å². The average Bonchev–Trinajstić information content (AvgIpc) is 2.62. The van der Waals surface area contributed by atoms with Crippen molar-refractivity contribution in [3.05, 3.63) is 66.4 Å². The lowest BCUT2D eigenvalue weighted by Gasteiger charge is -2.09. The van der Waals surface area contributed by atoms with E-state index < -0.39 is 0 Å². The summed E-state index contributed by atoms with van der Waals surface area (Å²) in [6, 6.07) is 18.7. The van der Waals surface area contributed by atoms with Gasteiger partial charge in [-0.15, -0.1) is 0 Å². The zero-order valence-electron chi connectivity index (χ0n) is 13.0. The van der Waals surface area contributed by atoms with E-state index in [-0.39, 0.29) is 5.91 Å². The molecule has 2 N–H and O–H groups in total. The van der Waals surface area contributed by atoms with Gasteiger partial charge in [0.1, 0.15) is 0 Å². The van der Waals surface area contributed by atoms with Crippen LogP contribution >= 0.6 is 0 Å².